The van der Waals surface area contributed by atoms with Gasteiger partial charge in [-0.3, -0.25) is 14.5 Å². The minimum Gasteiger partial charge on any atom is -0.349 e. The van der Waals surface area contributed by atoms with Crippen LogP contribution in [0.25, 0.3) is 10.9 Å². The number of nitrogens with zero attached hydrogens (tertiary/aromatic N) is 4. The fourth-order valence-corrected chi connectivity index (χ4v) is 5.84. The number of rotatable bonds is 7. The molecule has 0 spiro atoms. The Bertz CT molecular complexity index is 1360. The van der Waals surface area contributed by atoms with Crippen molar-refractivity contribution >= 4 is 16.8 Å². The van der Waals surface area contributed by atoms with Crippen molar-refractivity contribution in [3.8, 4) is 0 Å². The number of halogens is 5. The second-order valence-corrected chi connectivity index (χ2v) is 11.2. The fourth-order valence-electron chi connectivity index (χ4n) is 5.84. The van der Waals surface area contributed by atoms with Gasteiger partial charge < -0.3 is 10.2 Å². The number of hydrogen-bond acceptors (Lipinski definition) is 4. The number of pyridine rings is 1. The molecule has 0 atom stereocenters. The second kappa shape index (κ2) is 11.4. The average Bonchev–Trinajstić information content (AvgIpc) is 3.19. The number of amides is 1. The summed E-state index contributed by atoms with van der Waals surface area (Å²) in [6, 6.07) is 6.11. The summed E-state index contributed by atoms with van der Waals surface area (Å²) < 4.78 is 69.0. The van der Waals surface area contributed by atoms with E-state index in [2.05, 4.69) is 20.3 Å². The van der Waals surface area contributed by atoms with Crippen molar-refractivity contribution in [1.29, 1.82) is 0 Å². The molecule has 40 heavy (non-hydrogen) atoms. The van der Waals surface area contributed by atoms with Gasteiger partial charge in [0.25, 0.3) is 5.91 Å². The molecule has 11 heteroatoms. The predicted octanol–water partition coefficient (Wildman–Crippen LogP) is 5.47. The molecule has 3 aromatic rings. The fraction of sp³-hybridized carbons (Fsp3) is 0.552. The zero-order valence-electron chi connectivity index (χ0n) is 22.5. The highest BCUT2D eigenvalue weighted by Gasteiger charge is 2.36. The summed E-state index contributed by atoms with van der Waals surface area (Å²) in [6.07, 6.45) is -0.0755. The monoisotopic (exact) mass is 563 g/mol. The molecule has 1 N–H and O–H groups in total. The predicted molar refractivity (Wildman–Crippen MR) is 141 cm³/mol. The van der Waals surface area contributed by atoms with Gasteiger partial charge in [0, 0.05) is 68.5 Å². The van der Waals surface area contributed by atoms with Crippen molar-refractivity contribution in [3.05, 3.63) is 58.8 Å². The molecule has 1 fully saturated rings. The molecule has 6 nitrogen and oxygen atoms in total. The summed E-state index contributed by atoms with van der Waals surface area (Å²) in [6.45, 7) is 2.04. The molecule has 1 amide bonds. The van der Waals surface area contributed by atoms with E-state index >= 15 is 4.39 Å². The summed E-state index contributed by atoms with van der Waals surface area (Å²) in [5.41, 5.74) is 1.55. The Kier molecular flexibility index (Phi) is 8.13. The molecule has 2 aromatic heterocycles. The van der Waals surface area contributed by atoms with E-state index < -0.39 is 24.1 Å². The topological polar surface area (TPSA) is 63.1 Å². The van der Waals surface area contributed by atoms with Gasteiger partial charge in [-0.1, -0.05) is 6.07 Å². The number of benzene rings is 1. The van der Waals surface area contributed by atoms with Gasteiger partial charge in [0.1, 0.15) is 11.2 Å². The van der Waals surface area contributed by atoms with Crippen LogP contribution in [0.15, 0.2) is 30.5 Å². The Morgan fingerprint density at radius 2 is 1.88 bits per heavy atom. The highest BCUT2D eigenvalue weighted by molar-refractivity contribution is 6.06. The maximum atomic E-state index is 15.7. The van der Waals surface area contributed by atoms with Crippen LogP contribution in [0.2, 0.25) is 0 Å². The van der Waals surface area contributed by atoms with Crippen molar-refractivity contribution in [2.45, 2.75) is 75.7 Å². The lowest BCUT2D eigenvalue weighted by atomic mass is 9.81. The number of hydrogen-bond donors (Lipinski definition) is 1. The van der Waals surface area contributed by atoms with Gasteiger partial charge in [-0.05, 0) is 68.7 Å². The third kappa shape index (κ3) is 6.79. The van der Waals surface area contributed by atoms with E-state index in [9.17, 15) is 22.4 Å². The van der Waals surface area contributed by atoms with Crippen LogP contribution >= 0.6 is 0 Å². The first kappa shape index (κ1) is 28.4. The zero-order valence-corrected chi connectivity index (χ0v) is 22.5. The Hall–Kier alpha value is -3.08. The molecule has 1 aliphatic carbocycles. The van der Waals surface area contributed by atoms with Crippen LogP contribution in [0.3, 0.4) is 0 Å². The Morgan fingerprint density at radius 1 is 1.12 bits per heavy atom. The normalized spacial score (nSPS) is 22.2. The summed E-state index contributed by atoms with van der Waals surface area (Å²) >= 11 is 0. The van der Waals surface area contributed by atoms with Crippen molar-refractivity contribution < 1.29 is 26.7 Å². The molecule has 0 radical (unpaired) electrons. The van der Waals surface area contributed by atoms with E-state index in [4.69, 9.17) is 0 Å². The average molecular weight is 564 g/mol. The van der Waals surface area contributed by atoms with Gasteiger partial charge in [-0.25, -0.2) is 8.78 Å². The maximum absolute atomic E-state index is 15.7. The maximum Gasteiger partial charge on any atom is 0.389 e. The van der Waals surface area contributed by atoms with Gasteiger partial charge in [0.15, 0.2) is 5.82 Å². The zero-order chi connectivity index (χ0) is 28.5. The summed E-state index contributed by atoms with van der Waals surface area (Å²) in [5.74, 6) is -0.795. The molecule has 216 valence electrons. The third-order valence-electron chi connectivity index (χ3n) is 8.23. The molecule has 1 aromatic carbocycles. The lowest BCUT2D eigenvalue weighted by Crippen LogP contribution is -2.43. The van der Waals surface area contributed by atoms with Crippen LogP contribution in [0.5, 0.6) is 0 Å². The number of carbonyl (C=O) groups is 1. The molecule has 1 saturated carbocycles. The summed E-state index contributed by atoms with van der Waals surface area (Å²) in [5, 5.41) is 7.53. The molecule has 0 bridgehead atoms. The largest absolute Gasteiger partial charge is 0.389 e. The third-order valence-corrected chi connectivity index (χ3v) is 8.23. The summed E-state index contributed by atoms with van der Waals surface area (Å²) in [7, 11) is 1.67. The van der Waals surface area contributed by atoms with Gasteiger partial charge in [-0.2, -0.15) is 18.3 Å². The number of aryl methyl sites for hydroxylation is 2. The number of alkyl halides is 4. The van der Waals surface area contributed by atoms with Crippen molar-refractivity contribution in [2.75, 3.05) is 19.6 Å². The highest BCUT2D eigenvalue weighted by Crippen LogP contribution is 2.35. The van der Waals surface area contributed by atoms with Gasteiger partial charge >= 0.3 is 6.18 Å². The van der Waals surface area contributed by atoms with Crippen LogP contribution in [0.1, 0.15) is 65.8 Å². The van der Waals surface area contributed by atoms with E-state index in [1.54, 1.807) is 19.3 Å². The first-order chi connectivity index (χ1) is 19.0. The Balaban J connectivity index is 1.10. The Labute approximate surface area is 229 Å². The summed E-state index contributed by atoms with van der Waals surface area (Å²) in [4.78, 5) is 19.6. The van der Waals surface area contributed by atoms with Crippen LogP contribution < -0.4 is 5.32 Å². The van der Waals surface area contributed by atoms with Crippen LogP contribution in [0.4, 0.5) is 22.0 Å². The minimum absolute atomic E-state index is 0.121. The van der Waals surface area contributed by atoms with E-state index in [1.807, 2.05) is 6.07 Å². The van der Waals surface area contributed by atoms with Crippen molar-refractivity contribution in [1.82, 2.24) is 25.0 Å². The minimum atomic E-state index is -4.20. The quantitative estimate of drug-likeness (QED) is 0.387. The standard InChI is InChI=1S/C29H34F5N5O/c1-38-18-23-22(4-5-24(30)26(23)37-38)27(40)36-21-6-11-28(31,12-7-21)14-17-39-15-9-19-2-3-20(8-13-29(32,33)34)35-25(19)10-16-39/h2-5,18,21H,6-17H2,1H3,(H,36,40)/t21-,28+. The van der Waals surface area contributed by atoms with Crippen molar-refractivity contribution in [2.24, 2.45) is 7.05 Å². The first-order valence-corrected chi connectivity index (χ1v) is 13.9. The lowest BCUT2D eigenvalue weighted by Gasteiger charge is -2.35. The van der Waals surface area contributed by atoms with Crippen LogP contribution in [-0.2, 0) is 26.3 Å². The number of aromatic nitrogens is 3. The van der Waals surface area contributed by atoms with E-state index in [1.165, 1.54) is 16.8 Å². The number of nitrogens with one attached hydrogen (secondary N) is 1. The highest BCUT2D eigenvalue weighted by atomic mass is 19.4. The lowest BCUT2D eigenvalue weighted by molar-refractivity contribution is -0.134. The molecule has 0 unspecified atom stereocenters. The molecular weight excluding hydrogens is 529 g/mol. The molecular formula is C29H34F5N5O. The van der Waals surface area contributed by atoms with Gasteiger partial charge in [0.05, 0.1) is 5.56 Å². The van der Waals surface area contributed by atoms with Gasteiger partial charge in [0.2, 0.25) is 0 Å². The number of fused-ring (bicyclic) bond motifs is 2. The molecule has 1 aliphatic heterocycles. The number of carbonyl (C=O) groups excluding carboxylic acids is 1. The smallest absolute Gasteiger partial charge is 0.349 e. The van der Waals surface area contributed by atoms with Crippen molar-refractivity contribution in [3.63, 3.8) is 0 Å². The van der Waals surface area contributed by atoms with Crippen LogP contribution in [-0.4, -0.2) is 63.1 Å². The van der Waals surface area contributed by atoms with E-state index in [-0.39, 0.29) is 23.9 Å². The first-order valence-electron chi connectivity index (χ1n) is 13.9. The molecule has 2 aliphatic rings. The molecule has 0 saturated heterocycles. The Morgan fingerprint density at radius 3 is 2.62 bits per heavy atom. The second-order valence-electron chi connectivity index (χ2n) is 11.2. The molecule has 5 rings (SSSR count). The van der Waals surface area contributed by atoms with E-state index in [0.717, 1.165) is 24.2 Å². The molecule has 3 heterocycles. The SMILES string of the molecule is Cn1cc2c(C(=O)N[C@H]3CC[C@](F)(CCN4CCc5ccc(CCC(F)(F)F)nc5CC4)CC3)ccc(F)c2n1. The van der Waals surface area contributed by atoms with E-state index in [0.29, 0.717) is 68.3 Å². The van der Waals surface area contributed by atoms with Crippen LogP contribution in [0, 0.1) is 5.82 Å². The van der Waals surface area contributed by atoms with Gasteiger partial charge in [-0.15, -0.1) is 0 Å².